The predicted molar refractivity (Wildman–Crippen MR) is 173 cm³/mol. The summed E-state index contributed by atoms with van der Waals surface area (Å²) in [4.78, 5) is 39.9. The number of nitrogens with one attached hydrogen (secondary N) is 2. The van der Waals surface area contributed by atoms with Gasteiger partial charge in [0, 0.05) is 46.1 Å². The van der Waals surface area contributed by atoms with Gasteiger partial charge in [0.25, 0.3) is 0 Å². The average molecular weight is 597 g/mol. The highest BCUT2D eigenvalue weighted by atomic mass is 35.5. The molecule has 0 unspecified atom stereocenters. The minimum Gasteiger partial charge on any atom is -0.481 e. The molecule has 0 fully saturated rings. The third-order valence-corrected chi connectivity index (χ3v) is 8.66. The van der Waals surface area contributed by atoms with E-state index in [0.717, 1.165) is 66.6 Å². The van der Waals surface area contributed by atoms with Crippen LogP contribution in [0, 0.1) is 13.8 Å². The van der Waals surface area contributed by atoms with Crippen molar-refractivity contribution >= 4 is 67.9 Å². The maximum atomic E-state index is 11.5. The van der Waals surface area contributed by atoms with Crippen molar-refractivity contribution in [2.45, 2.75) is 53.4 Å². The van der Waals surface area contributed by atoms with Gasteiger partial charge in [0.15, 0.2) is 0 Å². The summed E-state index contributed by atoms with van der Waals surface area (Å²) in [5.74, 6) is -1.78. The second-order valence-electron chi connectivity index (χ2n) is 10.8. The van der Waals surface area contributed by atoms with Gasteiger partial charge in [-0.25, -0.2) is 9.97 Å². The van der Waals surface area contributed by atoms with Gasteiger partial charge in [-0.1, -0.05) is 36.9 Å². The molecule has 0 saturated heterocycles. The molecule has 5 rings (SSSR count). The maximum Gasteiger partial charge on any atom is 0.303 e. The number of aryl methyl sites for hydroxylation is 4. The number of allylic oxidation sites excluding steroid dienone is 6. The Bertz CT molecular complexity index is 1970. The van der Waals surface area contributed by atoms with Gasteiger partial charge in [0.05, 0.1) is 27.8 Å². The van der Waals surface area contributed by atoms with Crippen molar-refractivity contribution < 1.29 is 19.8 Å². The van der Waals surface area contributed by atoms with Crippen molar-refractivity contribution in [2.24, 2.45) is 0 Å². The molecule has 0 radical (unpaired) electrons. The van der Waals surface area contributed by atoms with Gasteiger partial charge in [0.1, 0.15) is 0 Å². The molecule has 0 aromatic carbocycles. The summed E-state index contributed by atoms with van der Waals surface area (Å²) in [7, 11) is 0. The van der Waals surface area contributed by atoms with Crippen molar-refractivity contribution in [1.29, 1.82) is 0 Å². The van der Waals surface area contributed by atoms with E-state index >= 15 is 0 Å². The number of aromatic amines is 2. The summed E-state index contributed by atoms with van der Waals surface area (Å²) in [6, 6.07) is 5.80. The average Bonchev–Trinajstić information content (AvgIpc) is 3.63. The molecule has 0 amide bonds. The number of aliphatic carboxylic acids is 2. The largest absolute Gasteiger partial charge is 0.481 e. The molecule has 0 spiro atoms. The zero-order valence-corrected chi connectivity index (χ0v) is 25.4. The maximum absolute atomic E-state index is 11.5. The first-order valence-corrected chi connectivity index (χ1v) is 14.4. The number of halogens is 1. The van der Waals surface area contributed by atoms with Gasteiger partial charge in [-0.15, -0.1) is 0 Å². The topological polar surface area (TPSA) is 132 Å². The number of H-pyrrole nitrogens is 2. The van der Waals surface area contributed by atoms with Crippen molar-refractivity contribution in [3.05, 3.63) is 93.6 Å². The molecule has 2 aliphatic heterocycles. The van der Waals surface area contributed by atoms with Crippen LogP contribution in [0.15, 0.2) is 43.5 Å². The summed E-state index contributed by atoms with van der Waals surface area (Å²) in [6.45, 7) is 15.8. The number of carboxylic acid groups (broad SMARTS) is 2. The van der Waals surface area contributed by atoms with Crippen molar-refractivity contribution in [1.82, 2.24) is 19.9 Å². The van der Waals surface area contributed by atoms with Gasteiger partial charge >= 0.3 is 11.9 Å². The molecule has 2 aliphatic rings. The third-order valence-electron chi connectivity index (χ3n) is 8.30. The Balaban J connectivity index is 1.99. The van der Waals surface area contributed by atoms with E-state index < -0.39 is 11.9 Å². The van der Waals surface area contributed by atoms with Crippen molar-refractivity contribution in [3.8, 4) is 0 Å². The fourth-order valence-corrected chi connectivity index (χ4v) is 6.16. The van der Waals surface area contributed by atoms with E-state index in [1.165, 1.54) is 0 Å². The van der Waals surface area contributed by atoms with Gasteiger partial charge in [-0.05, 0) is 92.1 Å². The lowest BCUT2D eigenvalue weighted by Gasteiger charge is -2.02. The molecule has 8 nitrogen and oxygen atoms in total. The highest BCUT2D eigenvalue weighted by Gasteiger charge is 2.24. The smallest absolute Gasteiger partial charge is 0.303 e. The van der Waals surface area contributed by atoms with E-state index in [1.54, 1.807) is 12.2 Å². The second-order valence-corrected chi connectivity index (χ2v) is 11.2. The molecule has 3 aromatic heterocycles. The van der Waals surface area contributed by atoms with Crippen LogP contribution in [0.1, 0.15) is 71.7 Å². The fraction of sp³-hybridized carbons (Fsp3) is 0.235. The predicted octanol–water partition coefficient (Wildman–Crippen LogP) is 7.85. The summed E-state index contributed by atoms with van der Waals surface area (Å²) >= 11 is 7.05. The lowest BCUT2D eigenvalue weighted by atomic mass is 10.0. The van der Waals surface area contributed by atoms with E-state index in [1.807, 2.05) is 45.9 Å². The Morgan fingerprint density at radius 2 is 1.23 bits per heavy atom. The lowest BCUT2D eigenvalue weighted by molar-refractivity contribution is -0.138. The van der Waals surface area contributed by atoms with E-state index in [9.17, 15) is 19.8 Å². The monoisotopic (exact) mass is 596 g/mol. The van der Waals surface area contributed by atoms with Crippen LogP contribution in [0.5, 0.6) is 0 Å². The van der Waals surface area contributed by atoms with Crippen molar-refractivity contribution in [3.63, 3.8) is 0 Å². The van der Waals surface area contributed by atoms with Crippen LogP contribution in [0.4, 0.5) is 0 Å². The van der Waals surface area contributed by atoms with Crippen LogP contribution >= 0.6 is 11.6 Å². The van der Waals surface area contributed by atoms with Gasteiger partial charge in [-0.2, -0.15) is 0 Å². The molecule has 8 bridgehead atoms. The minimum absolute atomic E-state index is 0.0366. The first kappa shape index (κ1) is 29.8. The number of fused-ring (bicyclic) bond motifs is 8. The van der Waals surface area contributed by atoms with Gasteiger partial charge in [0.2, 0.25) is 0 Å². The number of hydrogen-bond acceptors (Lipinski definition) is 4. The number of carboxylic acids is 2. The number of rotatable bonds is 8. The molecule has 43 heavy (non-hydrogen) atoms. The van der Waals surface area contributed by atoms with Crippen molar-refractivity contribution in [2.75, 3.05) is 0 Å². The SMILES string of the molecule is C=CC1=C(C)c2nc1cc1[nH]c(cc3[nH]c(cc4nc(c2Cl)C(C=C)=C4C)c(C)c3CCC(=O)O)c(CCC(=O)O)c1C. The molecule has 220 valence electrons. The first-order chi connectivity index (χ1) is 20.4. The molecular formula is C34H33ClN4O4. The first-order valence-electron chi connectivity index (χ1n) is 14.0. The van der Waals surface area contributed by atoms with Crippen LogP contribution in [0.25, 0.3) is 44.4 Å². The Kier molecular flexibility index (Phi) is 7.99. The molecule has 4 N–H and O–H groups in total. The highest BCUT2D eigenvalue weighted by Crippen LogP contribution is 2.40. The summed E-state index contributed by atoms with van der Waals surface area (Å²) in [6.07, 6.45) is 4.05. The molecule has 5 heterocycles. The molecule has 9 heteroatoms. The quantitative estimate of drug-likeness (QED) is 0.209. The zero-order chi connectivity index (χ0) is 31.2. The van der Waals surface area contributed by atoms with E-state index in [0.29, 0.717) is 40.6 Å². The number of nitrogens with zero attached hydrogens (tertiary/aromatic N) is 2. The highest BCUT2D eigenvalue weighted by molar-refractivity contribution is 6.34. The summed E-state index contributed by atoms with van der Waals surface area (Å²) in [5.41, 5.74) is 12.6. The standard InChI is InChI=1S/C34H33ClN4O4/c1-7-20-19(6)33-32(35)34-21(8-2)16(3)26(38-34)13-24-17(4)22(9-11-30(40)41)28(36-24)15-29-23(10-12-31(42)43)18(5)25(37-29)14-27(20)39-33/h7-8,13-15,36-37H,1-2,9-12H2,3-6H3,(H,40,41)(H,42,43). The Morgan fingerprint density at radius 1 is 0.744 bits per heavy atom. The Labute approximate surface area is 254 Å². The second kappa shape index (κ2) is 11.5. The summed E-state index contributed by atoms with van der Waals surface area (Å²) < 4.78 is 0. The van der Waals surface area contributed by atoms with E-state index in [2.05, 4.69) is 23.1 Å². The molecule has 3 aromatic rings. The summed E-state index contributed by atoms with van der Waals surface area (Å²) in [5, 5.41) is 19.3. The van der Waals surface area contributed by atoms with Gasteiger partial charge in [-0.3, -0.25) is 9.59 Å². The fourth-order valence-electron chi connectivity index (χ4n) is 5.83. The third kappa shape index (κ3) is 5.34. The minimum atomic E-state index is -0.891. The number of hydrogen-bond donors (Lipinski definition) is 4. The van der Waals surface area contributed by atoms with Crippen LogP contribution in [0.2, 0.25) is 5.02 Å². The molecule has 0 saturated carbocycles. The van der Waals surface area contributed by atoms with Gasteiger partial charge < -0.3 is 20.2 Å². The molecule has 0 atom stereocenters. The lowest BCUT2D eigenvalue weighted by Crippen LogP contribution is -1.98. The molecular weight excluding hydrogens is 564 g/mol. The van der Waals surface area contributed by atoms with E-state index in [-0.39, 0.29) is 12.8 Å². The normalized spacial score (nSPS) is 13.0. The zero-order valence-electron chi connectivity index (χ0n) is 24.6. The van der Waals surface area contributed by atoms with E-state index in [4.69, 9.17) is 21.6 Å². The van der Waals surface area contributed by atoms with Crippen LogP contribution in [-0.4, -0.2) is 42.1 Å². The molecule has 0 aliphatic carbocycles. The van der Waals surface area contributed by atoms with Crippen LogP contribution < -0.4 is 0 Å². The Morgan fingerprint density at radius 3 is 1.72 bits per heavy atom. The Hall–Kier alpha value is -4.69. The van der Waals surface area contributed by atoms with Crippen LogP contribution in [0.3, 0.4) is 0 Å². The number of carbonyl (C=O) groups is 2. The van der Waals surface area contributed by atoms with Crippen LogP contribution in [-0.2, 0) is 22.4 Å². The number of aromatic nitrogens is 4.